The minimum absolute atomic E-state index is 0.0985. The smallest absolute Gasteiger partial charge is 0.244 e. The predicted molar refractivity (Wildman–Crippen MR) is 122 cm³/mol. The highest BCUT2D eigenvalue weighted by Crippen LogP contribution is 2.32. The Hall–Kier alpha value is -3.07. The van der Waals surface area contributed by atoms with Crippen molar-refractivity contribution in [2.45, 2.75) is 17.9 Å². The van der Waals surface area contributed by atoms with Crippen LogP contribution in [0.25, 0.3) is 10.9 Å². The van der Waals surface area contributed by atoms with Gasteiger partial charge in [0.15, 0.2) is 0 Å². The van der Waals surface area contributed by atoms with Gasteiger partial charge in [0, 0.05) is 30.2 Å². The first-order valence-corrected chi connectivity index (χ1v) is 11.8. The van der Waals surface area contributed by atoms with Crippen molar-refractivity contribution in [3.8, 4) is 0 Å². The number of nitrogens with zero attached hydrogens (tertiary/aromatic N) is 3. The SMILES string of the molecule is O=S(=O)(c1ccc(F)cc1Cl)N1CCc2c(ccnc2Nc2cnc3ccccc3c2)C1. The van der Waals surface area contributed by atoms with Gasteiger partial charge in [-0.2, -0.15) is 4.31 Å². The molecule has 0 amide bonds. The van der Waals surface area contributed by atoms with E-state index in [2.05, 4.69) is 15.3 Å². The molecule has 0 spiro atoms. The van der Waals surface area contributed by atoms with Crippen molar-refractivity contribution in [3.05, 3.63) is 89.0 Å². The maximum atomic E-state index is 13.4. The van der Waals surface area contributed by atoms with E-state index in [4.69, 9.17) is 11.6 Å². The number of nitrogens with one attached hydrogen (secondary N) is 1. The van der Waals surface area contributed by atoms with E-state index in [1.807, 2.05) is 36.4 Å². The third kappa shape index (κ3) is 3.81. The van der Waals surface area contributed by atoms with Gasteiger partial charge in [-0.3, -0.25) is 4.98 Å². The fourth-order valence-electron chi connectivity index (χ4n) is 3.88. The third-order valence-electron chi connectivity index (χ3n) is 5.48. The van der Waals surface area contributed by atoms with E-state index in [-0.39, 0.29) is 23.0 Å². The van der Waals surface area contributed by atoms with Crippen LogP contribution in [0.2, 0.25) is 5.02 Å². The largest absolute Gasteiger partial charge is 0.339 e. The van der Waals surface area contributed by atoms with Gasteiger partial charge in [-0.1, -0.05) is 29.8 Å². The summed E-state index contributed by atoms with van der Waals surface area (Å²) in [6.45, 7) is 0.442. The van der Waals surface area contributed by atoms with Crippen LogP contribution in [0, 0.1) is 5.82 Å². The Morgan fingerprint density at radius 1 is 1.06 bits per heavy atom. The lowest BCUT2D eigenvalue weighted by Gasteiger charge is -2.29. The van der Waals surface area contributed by atoms with Crippen LogP contribution in [0.5, 0.6) is 0 Å². The van der Waals surface area contributed by atoms with Gasteiger partial charge >= 0.3 is 0 Å². The molecule has 0 radical (unpaired) electrons. The fraction of sp³-hybridized carbons (Fsp3) is 0.130. The number of rotatable bonds is 4. The Morgan fingerprint density at radius 2 is 1.91 bits per heavy atom. The summed E-state index contributed by atoms with van der Waals surface area (Å²) in [6, 6.07) is 15.0. The van der Waals surface area contributed by atoms with E-state index in [1.54, 1.807) is 12.4 Å². The van der Waals surface area contributed by atoms with Gasteiger partial charge in [-0.05, 0) is 48.4 Å². The van der Waals surface area contributed by atoms with Crippen molar-refractivity contribution in [3.63, 3.8) is 0 Å². The van der Waals surface area contributed by atoms with Crippen molar-refractivity contribution in [1.29, 1.82) is 0 Å². The van der Waals surface area contributed by atoms with Gasteiger partial charge in [-0.15, -0.1) is 0 Å². The summed E-state index contributed by atoms with van der Waals surface area (Å²) < 4.78 is 40.9. The van der Waals surface area contributed by atoms with E-state index in [0.717, 1.165) is 39.8 Å². The Bertz CT molecular complexity index is 1450. The van der Waals surface area contributed by atoms with Crippen LogP contribution < -0.4 is 5.32 Å². The van der Waals surface area contributed by atoms with Crippen molar-refractivity contribution in [2.24, 2.45) is 0 Å². The molecule has 3 heterocycles. The minimum Gasteiger partial charge on any atom is -0.339 e. The lowest BCUT2D eigenvalue weighted by Crippen LogP contribution is -2.36. The Morgan fingerprint density at radius 3 is 2.75 bits per heavy atom. The van der Waals surface area contributed by atoms with Gasteiger partial charge in [0.05, 0.1) is 22.4 Å². The van der Waals surface area contributed by atoms with E-state index >= 15 is 0 Å². The van der Waals surface area contributed by atoms with Gasteiger partial charge in [0.25, 0.3) is 0 Å². The van der Waals surface area contributed by atoms with Crippen molar-refractivity contribution in [1.82, 2.24) is 14.3 Å². The van der Waals surface area contributed by atoms with Gasteiger partial charge < -0.3 is 5.32 Å². The highest BCUT2D eigenvalue weighted by atomic mass is 35.5. The average molecular weight is 469 g/mol. The Kier molecular flexibility index (Phi) is 5.28. The molecule has 2 aromatic carbocycles. The molecule has 9 heteroatoms. The number of benzene rings is 2. The summed E-state index contributed by atoms with van der Waals surface area (Å²) in [5.74, 6) is 0.0966. The summed E-state index contributed by atoms with van der Waals surface area (Å²) in [7, 11) is -3.86. The number of hydrogen-bond acceptors (Lipinski definition) is 5. The molecule has 6 nitrogen and oxygen atoms in total. The van der Waals surface area contributed by atoms with E-state index in [9.17, 15) is 12.8 Å². The molecule has 4 aromatic rings. The lowest BCUT2D eigenvalue weighted by atomic mass is 10.0. The van der Waals surface area contributed by atoms with E-state index in [1.165, 1.54) is 10.4 Å². The van der Waals surface area contributed by atoms with Crippen molar-refractivity contribution < 1.29 is 12.8 Å². The molecule has 0 aliphatic carbocycles. The number of halogens is 2. The predicted octanol–water partition coefficient (Wildman–Crippen LogP) is 4.91. The molecule has 1 aliphatic heterocycles. The number of pyridine rings is 2. The number of hydrogen-bond donors (Lipinski definition) is 1. The summed E-state index contributed by atoms with van der Waals surface area (Å²) in [5.41, 5.74) is 3.51. The van der Waals surface area contributed by atoms with Crippen LogP contribution >= 0.6 is 11.6 Å². The van der Waals surface area contributed by atoms with Crippen LogP contribution in [0.1, 0.15) is 11.1 Å². The fourth-order valence-corrected chi connectivity index (χ4v) is 5.80. The van der Waals surface area contributed by atoms with Crippen LogP contribution in [0.15, 0.2) is 71.9 Å². The third-order valence-corrected chi connectivity index (χ3v) is 7.80. The number of anilines is 2. The zero-order valence-electron chi connectivity index (χ0n) is 16.8. The molecule has 5 rings (SSSR count). The normalized spacial score (nSPS) is 14.3. The first-order valence-electron chi connectivity index (χ1n) is 9.95. The molecule has 0 saturated heterocycles. The molecule has 0 bridgehead atoms. The van der Waals surface area contributed by atoms with Gasteiger partial charge in [-0.25, -0.2) is 17.8 Å². The quantitative estimate of drug-likeness (QED) is 0.460. The molecule has 1 aliphatic rings. The number of para-hydroxylation sites is 1. The molecule has 32 heavy (non-hydrogen) atoms. The first kappa shape index (κ1) is 20.8. The van der Waals surface area contributed by atoms with E-state index in [0.29, 0.717) is 12.2 Å². The first-order chi connectivity index (χ1) is 15.4. The molecule has 0 saturated carbocycles. The summed E-state index contributed by atoms with van der Waals surface area (Å²) in [6.07, 6.45) is 3.88. The molecule has 2 aromatic heterocycles. The summed E-state index contributed by atoms with van der Waals surface area (Å²) in [5, 5.41) is 4.20. The molecule has 162 valence electrons. The molecule has 0 unspecified atom stereocenters. The second kappa shape index (κ2) is 8.12. The van der Waals surface area contributed by atoms with Crippen LogP contribution in [0.3, 0.4) is 0 Å². The second-order valence-electron chi connectivity index (χ2n) is 7.50. The maximum absolute atomic E-state index is 13.4. The number of fused-ring (bicyclic) bond motifs is 2. The average Bonchev–Trinajstić information content (AvgIpc) is 2.78. The van der Waals surface area contributed by atoms with Crippen LogP contribution in [-0.2, 0) is 23.0 Å². The van der Waals surface area contributed by atoms with Gasteiger partial charge in [0.1, 0.15) is 16.5 Å². The zero-order valence-corrected chi connectivity index (χ0v) is 18.4. The van der Waals surface area contributed by atoms with Crippen LogP contribution in [-0.4, -0.2) is 29.2 Å². The van der Waals surface area contributed by atoms with E-state index < -0.39 is 15.8 Å². The standard InChI is InChI=1S/C23H18ClFN4O2S/c24-20-12-17(25)5-6-22(20)32(30,31)29-10-8-19-16(14-29)7-9-26-23(19)28-18-11-15-3-1-2-4-21(15)27-13-18/h1-7,9,11-13H,8,10,14H2,(H,26,28). The highest BCUT2D eigenvalue weighted by molar-refractivity contribution is 7.89. The monoisotopic (exact) mass is 468 g/mol. The second-order valence-corrected chi connectivity index (χ2v) is 9.82. The maximum Gasteiger partial charge on any atom is 0.244 e. The molecule has 1 N–H and O–H groups in total. The van der Waals surface area contributed by atoms with Gasteiger partial charge in [0.2, 0.25) is 10.0 Å². The topological polar surface area (TPSA) is 75.2 Å². The molecular weight excluding hydrogens is 451 g/mol. The van der Waals surface area contributed by atoms with Crippen molar-refractivity contribution in [2.75, 3.05) is 11.9 Å². The molecular formula is C23H18ClFN4O2S. The number of aromatic nitrogens is 2. The molecule has 0 fully saturated rings. The Labute approximate surface area is 189 Å². The van der Waals surface area contributed by atoms with Crippen molar-refractivity contribution >= 4 is 44.0 Å². The lowest BCUT2D eigenvalue weighted by molar-refractivity contribution is 0.391. The highest BCUT2D eigenvalue weighted by Gasteiger charge is 2.31. The Balaban J connectivity index is 1.43. The minimum atomic E-state index is -3.86. The zero-order chi connectivity index (χ0) is 22.3. The molecule has 0 atom stereocenters. The van der Waals surface area contributed by atoms with Crippen LogP contribution in [0.4, 0.5) is 15.9 Å². The summed E-state index contributed by atoms with van der Waals surface area (Å²) >= 11 is 6.02. The summed E-state index contributed by atoms with van der Waals surface area (Å²) in [4.78, 5) is 8.83. The number of sulfonamides is 1.